The molecule has 0 radical (unpaired) electrons. The number of hydrogen-bond donors (Lipinski definition) is 3. The van der Waals surface area contributed by atoms with Crippen LogP contribution in [0.15, 0.2) is 30.6 Å². The number of carbonyl (C=O) groups is 1. The molecule has 0 saturated carbocycles. The largest absolute Gasteiger partial charge is 0.372 e. The standard InChI is InChI=1S/C16H22N6O2/c1-11-9-22(10-12(2)24-11)15-4-3-13(7-17-15)20-16(23)18-8-14-5-6-19-21-14/h3-7,11-12H,8-10H2,1-2H3,(H,19,21)(H2,18,20,23)/t11-,12+. The van der Waals surface area contributed by atoms with Crippen LogP contribution in [0.1, 0.15) is 19.5 Å². The Hall–Kier alpha value is -2.61. The summed E-state index contributed by atoms with van der Waals surface area (Å²) >= 11 is 0. The fourth-order valence-corrected chi connectivity index (χ4v) is 2.75. The third-order valence-electron chi connectivity index (χ3n) is 3.75. The molecule has 1 aliphatic heterocycles. The molecule has 8 nitrogen and oxygen atoms in total. The first-order chi connectivity index (χ1) is 11.6. The summed E-state index contributed by atoms with van der Waals surface area (Å²) in [5.74, 6) is 0.889. The number of pyridine rings is 1. The minimum Gasteiger partial charge on any atom is -0.372 e. The zero-order valence-electron chi connectivity index (χ0n) is 13.8. The quantitative estimate of drug-likeness (QED) is 0.794. The third-order valence-corrected chi connectivity index (χ3v) is 3.75. The van der Waals surface area contributed by atoms with E-state index in [9.17, 15) is 4.79 Å². The summed E-state index contributed by atoms with van der Waals surface area (Å²) < 4.78 is 5.73. The fourth-order valence-electron chi connectivity index (χ4n) is 2.75. The van der Waals surface area contributed by atoms with Gasteiger partial charge in [-0.1, -0.05) is 0 Å². The van der Waals surface area contributed by atoms with Gasteiger partial charge in [0.2, 0.25) is 0 Å². The lowest BCUT2D eigenvalue weighted by atomic mass is 10.2. The summed E-state index contributed by atoms with van der Waals surface area (Å²) in [6.45, 7) is 6.13. The molecule has 2 aromatic heterocycles. The molecular weight excluding hydrogens is 308 g/mol. The van der Waals surface area contributed by atoms with E-state index in [1.54, 1.807) is 18.5 Å². The number of carbonyl (C=O) groups excluding carboxylic acids is 1. The summed E-state index contributed by atoms with van der Waals surface area (Å²) in [7, 11) is 0. The lowest BCUT2D eigenvalue weighted by molar-refractivity contribution is -0.00545. The molecule has 3 heterocycles. The molecule has 0 aromatic carbocycles. The molecule has 2 atom stereocenters. The second-order valence-electron chi connectivity index (χ2n) is 5.96. The number of urea groups is 1. The molecule has 3 rings (SSSR count). The maximum absolute atomic E-state index is 11.9. The van der Waals surface area contributed by atoms with Crippen molar-refractivity contribution >= 4 is 17.5 Å². The van der Waals surface area contributed by atoms with Gasteiger partial charge in [-0.2, -0.15) is 5.10 Å². The molecule has 2 aromatic rings. The van der Waals surface area contributed by atoms with E-state index in [0.29, 0.717) is 12.2 Å². The van der Waals surface area contributed by atoms with E-state index < -0.39 is 0 Å². The Morgan fingerprint density at radius 1 is 1.33 bits per heavy atom. The van der Waals surface area contributed by atoms with Crippen molar-refractivity contribution in [3.8, 4) is 0 Å². The molecular formula is C16H22N6O2. The second kappa shape index (κ2) is 7.31. The van der Waals surface area contributed by atoms with E-state index in [4.69, 9.17) is 4.74 Å². The van der Waals surface area contributed by atoms with Gasteiger partial charge in [0, 0.05) is 19.3 Å². The Bertz CT molecular complexity index is 648. The minimum atomic E-state index is -0.284. The monoisotopic (exact) mass is 330 g/mol. The first-order valence-corrected chi connectivity index (χ1v) is 7.99. The van der Waals surface area contributed by atoms with E-state index in [-0.39, 0.29) is 18.2 Å². The molecule has 0 bridgehead atoms. The van der Waals surface area contributed by atoms with Crippen LogP contribution in [0, 0.1) is 0 Å². The van der Waals surface area contributed by atoms with Crippen LogP contribution in [-0.4, -0.2) is 46.5 Å². The summed E-state index contributed by atoms with van der Waals surface area (Å²) in [5.41, 5.74) is 1.49. The van der Waals surface area contributed by atoms with Crippen molar-refractivity contribution < 1.29 is 9.53 Å². The van der Waals surface area contributed by atoms with Gasteiger partial charge in [-0.15, -0.1) is 0 Å². The van der Waals surface area contributed by atoms with Crippen LogP contribution in [0.2, 0.25) is 0 Å². The second-order valence-corrected chi connectivity index (χ2v) is 5.96. The smallest absolute Gasteiger partial charge is 0.319 e. The molecule has 8 heteroatoms. The van der Waals surface area contributed by atoms with Crippen molar-refractivity contribution in [3.63, 3.8) is 0 Å². The molecule has 128 valence electrons. The number of amides is 2. The lowest BCUT2D eigenvalue weighted by Gasteiger charge is -2.36. The summed E-state index contributed by atoms with van der Waals surface area (Å²) in [6, 6.07) is 5.28. The lowest BCUT2D eigenvalue weighted by Crippen LogP contribution is -2.45. The van der Waals surface area contributed by atoms with Crippen LogP contribution >= 0.6 is 0 Å². The van der Waals surface area contributed by atoms with Crippen LogP contribution in [0.5, 0.6) is 0 Å². The van der Waals surface area contributed by atoms with Crippen molar-refractivity contribution in [1.29, 1.82) is 0 Å². The molecule has 0 aliphatic carbocycles. The van der Waals surface area contributed by atoms with E-state index in [0.717, 1.165) is 24.6 Å². The number of hydrogen-bond acceptors (Lipinski definition) is 5. The maximum Gasteiger partial charge on any atom is 0.319 e. The molecule has 3 N–H and O–H groups in total. The summed E-state index contributed by atoms with van der Waals surface area (Å²) in [4.78, 5) is 18.5. The number of morpholine rings is 1. The number of aromatic nitrogens is 3. The Labute approximate surface area is 140 Å². The van der Waals surface area contributed by atoms with Gasteiger partial charge in [0.05, 0.1) is 36.3 Å². The average molecular weight is 330 g/mol. The predicted molar refractivity (Wildman–Crippen MR) is 90.9 cm³/mol. The van der Waals surface area contributed by atoms with Crippen LogP contribution in [0.3, 0.4) is 0 Å². The van der Waals surface area contributed by atoms with Crippen molar-refractivity contribution in [2.75, 3.05) is 23.3 Å². The Morgan fingerprint density at radius 2 is 2.12 bits per heavy atom. The number of aromatic amines is 1. The normalized spacial score (nSPS) is 20.7. The summed E-state index contributed by atoms with van der Waals surface area (Å²) in [6.07, 6.45) is 3.67. The molecule has 0 unspecified atom stereocenters. The van der Waals surface area contributed by atoms with E-state index in [1.807, 2.05) is 12.1 Å². The Kier molecular flexibility index (Phi) is 4.95. The highest BCUT2D eigenvalue weighted by molar-refractivity contribution is 5.89. The van der Waals surface area contributed by atoms with Crippen molar-refractivity contribution in [2.24, 2.45) is 0 Å². The van der Waals surface area contributed by atoms with Gasteiger partial charge >= 0.3 is 6.03 Å². The van der Waals surface area contributed by atoms with E-state index >= 15 is 0 Å². The SMILES string of the molecule is C[C@@H]1CN(c2ccc(NC(=O)NCc3ccn[nH]3)cn2)C[C@H](C)O1. The first kappa shape index (κ1) is 16.3. The van der Waals surface area contributed by atoms with Gasteiger partial charge in [0.25, 0.3) is 0 Å². The minimum absolute atomic E-state index is 0.182. The summed E-state index contributed by atoms with van der Waals surface area (Å²) in [5, 5.41) is 12.1. The van der Waals surface area contributed by atoms with Crippen LogP contribution in [-0.2, 0) is 11.3 Å². The van der Waals surface area contributed by atoms with Crippen molar-refractivity contribution in [3.05, 3.63) is 36.3 Å². The zero-order valence-corrected chi connectivity index (χ0v) is 13.8. The van der Waals surface area contributed by atoms with Crippen LogP contribution < -0.4 is 15.5 Å². The van der Waals surface area contributed by atoms with Crippen LogP contribution in [0.4, 0.5) is 16.3 Å². The molecule has 1 aliphatic rings. The highest BCUT2D eigenvalue weighted by Crippen LogP contribution is 2.19. The van der Waals surface area contributed by atoms with Crippen molar-refractivity contribution in [1.82, 2.24) is 20.5 Å². The van der Waals surface area contributed by atoms with Gasteiger partial charge in [0.15, 0.2) is 0 Å². The number of anilines is 2. The number of nitrogens with one attached hydrogen (secondary N) is 3. The van der Waals surface area contributed by atoms with Crippen molar-refractivity contribution in [2.45, 2.75) is 32.6 Å². The first-order valence-electron chi connectivity index (χ1n) is 7.99. The fraction of sp³-hybridized carbons (Fsp3) is 0.438. The Balaban J connectivity index is 1.53. The van der Waals surface area contributed by atoms with Gasteiger partial charge in [-0.25, -0.2) is 9.78 Å². The molecule has 1 saturated heterocycles. The Morgan fingerprint density at radius 3 is 2.75 bits per heavy atom. The van der Waals surface area contributed by atoms with Gasteiger partial charge in [-0.05, 0) is 32.0 Å². The van der Waals surface area contributed by atoms with E-state index in [1.165, 1.54) is 0 Å². The highest BCUT2D eigenvalue weighted by atomic mass is 16.5. The highest BCUT2D eigenvalue weighted by Gasteiger charge is 2.22. The van der Waals surface area contributed by atoms with Gasteiger partial charge in [0.1, 0.15) is 5.82 Å². The predicted octanol–water partition coefficient (Wildman–Crippen LogP) is 1.74. The van der Waals surface area contributed by atoms with Gasteiger partial charge in [-0.3, -0.25) is 5.10 Å². The molecule has 1 fully saturated rings. The number of H-pyrrole nitrogens is 1. The van der Waals surface area contributed by atoms with Gasteiger partial charge < -0.3 is 20.3 Å². The van der Waals surface area contributed by atoms with E-state index in [2.05, 4.69) is 44.6 Å². The number of nitrogens with zero attached hydrogens (tertiary/aromatic N) is 3. The molecule has 2 amide bonds. The third kappa shape index (κ3) is 4.23. The number of ether oxygens (including phenoxy) is 1. The van der Waals surface area contributed by atoms with Crippen LogP contribution in [0.25, 0.3) is 0 Å². The topological polar surface area (TPSA) is 95.2 Å². The number of rotatable bonds is 4. The zero-order chi connectivity index (χ0) is 16.9. The molecule has 0 spiro atoms. The average Bonchev–Trinajstić information content (AvgIpc) is 3.06. The maximum atomic E-state index is 11.9. The molecule has 24 heavy (non-hydrogen) atoms.